The lowest BCUT2D eigenvalue weighted by Crippen LogP contribution is -2.30. The Morgan fingerprint density at radius 2 is 2.10 bits per heavy atom. The van der Waals surface area contributed by atoms with Crippen molar-refractivity contribution in [1.29, 1.82) is 0 Å². The van der Waals surface area contributed by atoms with E-state index in [9.17, 15) is 0 Å². The first-order valence-corrected chi connectivity index (χ1v) is 7.00. The molecule has 106 valence electrons. The predicted molar refractivity (Wildman–Crippen MR) is 77.2 cm³/mol. The number of aromatic nitrogens is 2. The van der Waals surface area contributed by atoms with E-state index in [1.54, 1.807) is 13.3 Å². The number of piperidine rings is 1. The highest BCUT2D eigenvalue weighted by Crippen LogP contribution is 2.31. The number of rotatable bonds is 4. The molecule has 2 aromatic rings. The van der Waals surface area contributed by atoms with Crippen molar-refractivity contribution in [3.63, 3.8) is 0 Å². The second-order valence-electron chi connectivity index (χ2n) is 5.10. The number of hydrogen-bond acceptors (Lipinski definition) is 5. The van der Waals surface area contributed by atoms with E-state index in [2.05, 4.69) is 15.5 Å². The molecule has 0 spiro atoms. The zero-order valence-corrected chi connectivity index (χ0v) is 11.6. The fourth-order valence-electron chi connectivity index (χ4n) is 2.52. The Bertz CT molecular complexity index is 582. The van der Waals surface area contributed by atoms with Crippen LogP contribution in [0.2, 0.25) is 0 Å². The fourth-order valence-corrected chi connectivity index (χ4v) is 2.52. The molecule has 1 aromatic carbocycles. The molecule has 0 saturated carbocycles. The van der Waals surface area contributed by atoms with Gasteiger partial charge in [-0.3, -0.25) is 0 Å². The van der Waals surface area contributed by atoms with Gasteiger partial charge in [-0.05, 0) is 44.0 Å². The minimum absolute atomic E-state index is 0.610. The molecule has 5 heteroatoms. The Labute approximate surface area is 118 Å². The van der Waals surface area contributed by atoms with Crippen LogP contribution in [-0.2, 0) is 0 Å². The highest BCUT2D eigenvalue weighted by atomic mass is 16.5. The van der Waals surface area contributed by atoms with E-state index in [1.165, 1.54) is 0 Å². The van der Waals surface area contributed by atoms with E-state index in [0.29, 0.717) is 5.92 Å². The van der Waals surface area contributed by atoms with Gasteiger partial charge in [-0.1, -0.05) is 0 Å². The molecule has 20 heavy (non-hydrogen) atoms. The van der Waals surface area contributed by atoms with Crippen molar-refractivity contribution < 1.29 is 9.47 Å². The molecule has 3 rings (SSSR count). The van der Waals surface area contributed by atoms with Crippen LogP contribution in [0.25, 0.3) is 10.9 Å². The third-order valence-corrected chi connectivity index (χ3v) is 3.73. The van der Waals surface area contributed by atoms with Gasteiger partial charge in [-0.15, -0.1) is 0 Å². The lowest BCUT2D eigenvalue weighted by atomic mass is 9.99. The quantitative estimate of drug-likeness (QED) is 0.923. The van der Waals surface area contributed by atoms with Crippen LogP contribution < -0.4 is 14.8 Å². The smallest absolute Gasteiger partial charge is 0.163 e. The van der Waals surface area contributed by atoms with E-state index in [1.807, 2.05) is 18.2 Å². The Balaban J connectivity index is 1.78. The molecule has 0 amide bonds. The van der Waals surface area contributed by atoms with Gasteiger partial charge in [0.15, 0.2) is 11.5 Å². The molecule has 5 nitrogen and oxygen atoms in total. The molecule has 2 heterocycles. The summed E-state index contributed by atoms with van der Waals surface area (Å²) in [7, 11) is 1.66. The summed E-state index contributed by atoms with van der Waals surface area (Å²) in [5.74, 6) is 2.11. The average Bonchev–Trinajstić information content (AvgIpc) is 2.53. The van der Waals surface area contributed by atoms with Crippen molar-refractivity contribution >= 4 is 10.9 Å². The molecule has 1 saturated heterocycles. The first kappa shape index (κ1) is 13.1. The molecule has 0 unspecified atom stereocenters. The van der Waals surface area contributed by atoms with Crippen LogP contribution in [0, 0.1) is 5.92 Å². The van der Waals surface area contributed by atoms with E-state index >= 15 is 0 Å². The second kappa shape index (κ2) is 6.05. The van der Waals surface area contributed by atoms with Crippen molar-refractivity contribution in [2.24, 2.45) is 5.92 Å². The van der Waals surface area contributed by atoms with Crippen LogP contribution in [0.15, 0.2) is 24.4 Å². The van der Waals surface area contributed by atoms with Crippen LogP contribution in [0.1, 0.15) is 12.8 Å². The van der Waals surface area contributed by atoms with Gasteiger partial charge in [-0.2, -0.15) is 10.2 Å². The Hall–Kier alpha value is -1.88. The molecule has 1 aliphatic heterocycles. The summed E-state index contributed by atoms with van der Waals surface area (Å²) in [5, 5.41) is 12.4. The Morgan fingerprint density at radius 3 is 2.90 bits per heavy atom. The lowest BCUT2D eigenvalue weighted by Gasteiger charge is -2.23. The largest absolute Gasteiger partial charge is 0.493 e. The van der Waals surface area contributed by atoms with Crippen molar-refractivity contribution in [2.75, 3.05) is 26.8 Å². The summed E-state index contributed by atoms with van der Waals surface area (Å²) in [6, 6.07) is 5.77. The maximum Gasteiger partial charge on any atom is 0.163 e. The molecule has 1 aromatic heterocycles. The minimum Gasteiger partial charge on any atom is -0.493 e. The number of hydrogen-bond donors (Lipinski definition) is 1. The summed E-state index contributed by atoms with van der Waals surface area (Å²) in [6.07, 6.45) is 4.00. The molecule has 0 atom stereocenters. The lowest BCUT2D eigenvalue weighted by molar-refractivity contribution is 0.208. The predicted octanol–water partition coefficient (Wildman–Crippen LogP) is 2.02. The van der Waals surface area contributed by atoms with Crippen LogP contribution >= 0.6 is 0 Å². The summed E-state index contributed by atoms with van der Waals surface area (Å²) >= 11 is 0. The van der Waals surface area contributed by atoms with Gasteiger partial charge in [0.25, 0.3) is 0 Å². The summed E-state index contributed by atoms with van der Waals surface area (Å²) in [4.78, 5) is 0. The van der Waals surface area contributed by atoms with Gasteiger partial charge >= 0.3 is 0 Å². The van der Waals surface area contributed by atoms with E-state index in [0.717, 1.165) is 54.9 Å². The average molecular weight is 273 g/mol. The minimum atomic E-state index is 0.610. The maximum atomic E-state index is 5.96. The second-order valence-corrected chi connectivity index (χ2v) is 5.10. The molecule has 0 bridgehead atoms. The third-order valence-electron chi connectivity index (χ3n) is 3.73. The van der Waals surface area contributed by atoms with Crippen LogP contribution in [0.3, 0.4) is 0 Å². The molecule has 1 aliphatic rings. The van der Waals surface area contributed by atoms with Crippen molar-refractivity contribution in [3.8, 4) is 11.5 Å². The Morgan fingerprint density at radius 1 is 1.25 bits per heavy atom. The maximum absolute atomic E-state index is 5.96. The van der Waals surface area contributed by atoms with Gasteiger partial charge in [0.1, 0.15) is 0 Å². The molecule has 0 radical (unpaired) electrons. The van der Waals surface area contributed by atoms with Gasteiger partial charge in [0.05, 0.1) is 25.4 Å². The number of nitrogens with zero attached hydrogens (tertiary/aromatic N) is 2. The first-order chi connectivity index (χ1) is 9.86. The van der Waals surface area contributed by atoms with Crippen LogP contribution in [0.4, 0.5) is 0 Å². The molecular formula is C15H19N3O2. The zero-order valence-electron chi connectivity index (χ0n) is 11.6. The monoisotopic (exact) mass is 273 g/mol. The number of ether oxygens (including phenoxy) is 2. The van der Waals surface area contributed by atoms with Gasteiger partial charge in [-0.25, -0.2) is 0 Å². The van der Waals surface area contributed by atoms with E-state index in [-0.39, 0.29) is 0 Å². The van der Waals surface area contributed by atoms with Crippen molar-refractivity contribution in [1.82, 2.24) is 15.5 Å². The number of benzene rings is 1. The summed E-state index contributed by atoms with van der Waals surface area (Å²) in [6.45, 7) is 2.88. The molecule has 0 aliphatic carbocycles. The number of methoxy groups -OCH3 is 1. The summed E-state index contributed by atoms with van der Waals surface area (Å²) < 4.78 is 11.4. The number of fused-ring (bicyclic) bond motifs is 1. The third kappa shape index (κ3) is 2.82. The van der Waals surface area contributed by atoms with Crippen LogP contribution in [-0.4, -0.2) is 37.0 Å². The highest BCUT2D eigenvalue weighted by Gasteiger charge is 2.15. The van der Waals surface area contributed by atoms with Gasteiger partial charge < -0.3 is 14.8 Å². The molecule has 1 fully saturated rings. The van der Waals surface area contributed by atoms with Crippen LogP contribution in [0.5, 0.6) is 11.5 Å². The SMILES string of the molecule is COc1cc2ccnnc2cc1OCC1CCNCC1. The Kier molecular flexibility index (Phi) is 3.97. The number of nitrogens with one attached hydrogen (secondary N) is 1. The van der Waals surface area contributed by atoms with E-state index < -0.39 is 0 Å². The standard InChI is InChI=1S/C15H19N3O2/c1-19-14-8-12-4-7-17-18-13(12)9-15(14)20-10-11-2-5-16-6-3-11/h4,7-9,11,16H,2-3,5-6,10H2,1H3. The van der Waals surface area contributed by atoms with Gasteiger partial charge in [0.2, 0.25) is 0 Å². The zero-order chi connectivity index (χ0) is 13.8. The first-order valence-electron chi connectivity index (χ1n) is 7.00. The topological polar surface area (TPSA) is 56.3 Å². The van der Waals surface area contributed by atoms with E-state index in [4.69, 9.17) is 9.47 Å². The highest BCUT2D eigenvalue weighted by molar-refractivity contribution is 5.81. The molecular weight excluding hydrogens is 254 g/mol. The molecule has 1 N–H and O–H groups in total. The van der Waals surface area contributed by atoms with Gasteiger partial charge in [0, 0.05) is 11.5 Å². The van der Waals surface area contributed by atoms with Crippen molar-refractivity contribution in [2.45, 2.75) is 12.8 Å². The summed E-state index contributed by atoms with van der Waals surface area (Å²) in [5.41, 5.74) is 0.827. The fraction of sp³-hybridized carbons (Fsp3) is 0.467. The van der Waals surface area contributed by atoms with Crippen molar-refractivity contribution in [3.05, 3.63) is 24.4 Å². The normalized spacial score (nSPS) is 16.2.